The van der Waals surface area contributed by atoms with E-state index in [-0.39, 0.29) is 24.7 Å². The summed E-state index contributed by atoms with van der Waals surface area (Å²) in [5.41, 5.74) is 0.769. The molecule has 2 aromatic rings. The number of nitrogens with one attached hydrogen (secondary N) is 1. The number of rotatable bonds is 6. The van der Waals surface area contributed by atoms with Gasteiger partial charge in [-0.25, -0.2) is 4.79 Å². The third-order valence-electron chi connectivity index (χ3n) is 3.98. The molecule has 3 rings (SSSR count). The van der Waals surface area contributed by atoms with Gasteiger partial charge in [-0.3, -0.25) is 4.79 Å². The molecule has 1 heterocycles. The van der Waals surface area contributed by atoms with E-state index in [1.807, 2.05) is 0 Å². The molecule has 8 nitrogen and oxygen atoms in total. The van der Waals surface area contributed by atoms with Gasteiger partial charge in [0, 0.05) is 12.6 Å². The largest absolute Gasteiger partial charge is 0.507 e. The van der Waals surface area contributed by atoms with Gasteiger partial charge in [0.1, 0.15) is 17.1 Å². The predicted octanol–water partition coefficient (Wildman–Crippen LogP) is 1.99. The monoisotopic (exact) mass is 373 g/mol. The summed E-state index contributed by atoms with van der Waals surface area (Å²) >= 11 is 0. The molecule has 27 heavy (non-hydrogen) atoms. The van der Waals surface area contributed by atoms with Crippen LogP contribution in [0.15, 0.2) is 36.4 Å². The van der Waals surface area contributed by atoms with Crippen molar-refractivity contribution >= 4 is 11.9 Å². The van der Waals surface area contributed by atoms with E-state index >= 15 is 0 Å². The van der Waals surface area contributed by atoms with E-state index in [9.17, 15) is 14.7 Å². The van der Waals surface area contributed by atoms with Crippen LogP contribution in [-0.4, -0.2) is 37.0 Å². The summed E-state index contributed by atoms with van der Waals surface area (Å²) in [6.45, 7) is 1.87. The number of methoxy groups -OCH3 is 1. The zero-order valence-corrected chi connectivity index (χ0v) is 14.9. The SMILES string of the molecule is COc1ccc(C(=O)OC(C)C(=O)NCc2ccc3c(c2)OCO3)c(O)c1. The first kappa shape index (κ1) is 18.4. The molecule has 0 bridgehead atoms. The van der Waals surface area contributed by atoms with Gasteiger partial charge in [0.25, 0.3) is 5.91 Å². The number of amides is 1. The van der Waals surface area contributed by atoms with Crippen molar-refractivity contribution in [2.45, 2.75) is 19.6 Å². The lowest BCUT2D eigenvalue weighted by Crippen LogP contribution is -2.35. The minimum Gasteiger partial charge on any atom is -0.507 e. The molecule has 142 valence electrons. The number of phenols is 1. The van der Waals surface area contributed by atoms with Gasteiger partial charge in [-0.1, -0.05) is 6.07 Å². The maximum absolute atomic E-state index is 12.2. The predicted molar refractivity (Wildman–Crippen MR) is 93.9 cm³/mol. The van der Waals surface area contributed by atoms with Crippen molar-refractivity contribution in [3.8, 4) is 23.0 Å². The van der Waals surface area contributed by atoms with Gasteiger partial charge < -0.3 is 29.4 Å². The fraction of sp³-hybridized carbons (Fsp3) is 0.263. The van der Waals surface area contributed by atoms with Gasteiger partial charge in [-0.05, 0) is 36.8 Å². The topological polar surface area (TPSA) is 103 Å². The van der Waals surface area contributed by atoms with Crippen LogP contribution in [0.4, 0.5) is 0 Å². The van der Waals surface area contributed by atoms with Crippen LogP contribution < -0.4 is 19.5 Å². The molecule has 1 unspecified atom stereocenters. The van der Waals surface area contributed by atoms with E-state index in [2.05, 4.69) is 5.32 Å². The molecule has 0 aromatic heterocycles. The molecular formula is C19H19NO7. The molecule has 0 radical (unpaired) electrons. The molecule has 2 N–H and O–H groups in total. The van der Waals surface area contributed by atoms with Gasteiger partial charge >= 0.3 is 5.97 Å². The second kappa shape index (κ2) is 7.86. The van der Waals surface area contributed by atoms with E-state index in [4.69, 9.17) is 18.9 Å². The van der Waals surface area contributed by atoms with Crippen LogP contribution >= 0.6 is 0 Å². The zero-order valence-electron chi connectivity index (χ0n) is 14.9. The Balaban J connectivity index is 1.55. The smallest absolute Gasteiger partial charge is 0.342 e. The van der Waals surface area contributed by atoms with Crippen LogP contribution in [0.1, 0.15) is 22.8 Å². The number of hydrogen-bond acceptors (Lipinski definition) is 7. The maximum atomic E-state index is 12.2. The Kier molecular flexibility index (Phi) is 5.35. The Morgan fingerprint density at radius 1 is 1.19 bits per heavy atom. The lowest BCUT2D eigenvalue weighted by atomic mass is 10.2. The van der Waals surface area contributed by atoms with Gasteiger partial charge in [-0.2, -0.15) is 0 Å². The lowest BCUT2D eigenvalue weighted by Gasteiger charge is -2.14. The van der Waals surface area contributed by atoms with Gasteiger partial charge in [0.15, 0.2) is 17.6 Å². The summed E-state index contributed by atoms with van der Waals surface area (Å²) in [5, 5.41) is 12.6. The lowest BCUT2D eigenvalue weighted by molar-refractivity contribution is -0.129. The van der Waals surface area contributed by atoms with E-state index in [1.165, 1.54) is 32.2 Å². The third-order valence-corrected chi connectivity index (χ3v) is 3.98. The number of carbonyl (C=O) groups is 2. The van der Waals surface area contributed by atoms with Crippen LogP contribution in [-0.2, 0) is 16.1 Å². The van der Waals surface area contributed by atoms with E-state index in [1.54, 1.807) is 18.2 Å². The minimum absolute atomic E-state index is 0.0498. The minimum atomic E-state index is -1.03. The summed E-state index contributed by atoms with van der Waals surface area (Å²) in [6.07, 6.45) is -1.03. The van der Waals surface area contributed by atoms with Crippen LogP contribution in [0.5, 0.6) is 23.0 Å². The number of hydrogen-bond donors (Lipinski definition) is 2. The maximum Gasteiger partial charge on any atom is 0.342 e. The highest BCUT2D eigenvalue weighted by Crippen LogP contribution is 2.32. The standard InChI is InChI=1S/C19H19NO7/c1-11(27-19(23)14-5-4-13(24-2)8-15(14)21)18(22)20-9-12-3-6-16-17(7-12)26-10-25-16/h3-8,11,21H,9-10H2,1-2H3,(H,20,22). The molecule has 0 aliphatic carbocycles. The molecular weight excluding hydrogens is 354 g/mol. The number of ether oxygens (including phenoxy) is 4. The first-order valence-corrected chi connectivity index (χ1v) is 8.22. The summed E-state index contributed by atoms with van der Waals surface area (Å²) in [4.78, 5) is 24.3. The van der Waals surface area contributed by atoms with Crippen molar-refractivity contribution in [3.05, 3.63) is 47.5 Å². The Labute approximate surface area is 155 Å². The molecule has 0 saturated heterocycles. The van der Waals surface area contributed by atoms with Crippen LogP contribution in [0, 0.1) is 0 Å². The van der Waals surface area contributed by atoms with Crippen molar-refractivity contribution in [2.75, 3.05) is 13.9 Å². The molecule has 1 atom stereocenters. The molecule has 1 amide bonds. The Morgan fingerprint density at radius 2 is 1.96 bits per heavy atom. The van der Waals surface area contributed by atoms with Crippen molar-refractivity contribution < 1.29 is 33.6 Å². The summed E-state index contributed by atoms with van der Waals surface area (Å²) in [6, 6.07) is 9.52. The van der Waals surface area contributed by atoms with Crippen molar-refractivity contribution in [1.29, 1.82) is 0 Å². The average molecular weight is 373 g/mol. The molecule has 1 aliphatic heterocycles. The van der Waals surface area contributed by atoms with Gasteiger partial charge in [-0.15, -0.1) is 0 Å². The number of esters is 1. The Bertz CT molecular complexity index is 865. The molecule has 1 aliphatic rings. The fourth-order valence-corrected chi connectivity index (χ4v) is 2.47. The highest BCUT2D eigenvalue weighted by Gasteiger charge is 2.21. The Morgan fingerprint density at radius 3 is 2.70 bits per heavy atom. The van der Waals surface area contributed by atoms with Gasteiger partial charge in [0.2, 0.25) is 6.79 Å². The second-order valence-corrected chi connectivity index (χ2v) is 5.84. The van der Waals surface area contributed by atoms with Gasteiger partial charge in [0.05, 0.1) is 7.11 Å². The molecule has 0 fully saturated rings. The van der Waals surface area contributed by atoms with Crippen molar-refractivity contribution in [2.24, 2.45) is 0 Å². The summed E-state index contributed by atoms with van der Waals surface area (Å²) < 4.78 is 20.6. The van der Waals surface area contributed by atoms with E-state index in [0.29, 0.717) is 17.2 Å². The molecule has 2 aromatic carbocycles. The fourth-order valence-electron chi connectivity index (χ4n) is 2.47. The highest BCUT2D eigenvalue weighted by atomic mass is 16.7. The first-order chi connectivity index (χ1) is 13.0. The quantitative estimate of drug-likeness (QED) is 0.747. The summed E-state index contributed by atoms with van der Waals surface area (Å²) in [7, 11) is 1.44. The zero-order chi connectivity index (χ0) is 19.4. The first-order valence-electron chi connectivity index (χ1n) is 8.22. The summed E-state index contributed by atoms with van der Waals surface area (Å²) in [5.74, 6) is 0.128. The molecule has 0 saturated carbocycles. The number of fused-ring (bicyclic) bond motifs is 1. The normalized spacial score (nSPS) is 13.0. The second-order valence-electron chi connectivity index (χ2n) is 5.84. The average Bonchev–Trinajstić information content (AvgIpc) is 3.13. The number of benzene rings is 2. The number of aromatic hydroxyl groups is 1. The molecule has 8 heteroatoms. The third kappa shape index (κ3) is 4.22. The van der Waals surface area contributed by atoms with E-state index < -0.39 is 18.0 Å². The number of phenolic OH excluding ortho intramolecular Hbond substituents is 1. The van der Waals surface area contributed by atoms with Crippen molar-refractivity contribution in [3.63, 3.8) is 0 Å². The highest BCUT2D eigenvalue weighted by molar-refractivity contribution is 5.94. The van der Waals surface area contributed by atoms with Crippen LogP contribution in [0.3, 0.4) is 0 Å². The van der Waals surface area contributed by atoms with Crippen LogP contribution in [0.25, 0.3) is 0 Å². The molecule has 0 spiro atoms. The Hall–Kier alpha value is -3.42. The number of carbonyl (C=O) groups excluding carboxylic acids is 2. The van der Waals surface area contributed by atoms with Crippen molar-refractivity contribution in [1.82, 2.24) is 5.32 Å². The van der Waals surface area contributed by atoms with Crippen LogP contribution in [0.2, 0.25) is 0 Å². The van der Waals surface area contributed by atoms with E-state index in [0.717, 1.165) is 5.56 Å².